The van der Waals surface area contributed by atoms with Gasteiger partial charge in [-0.15, -0.1) is 0 Å². The highest BCUT2D eigenvalue weighted by atomic mass is 14.9. The van der Waals surface area contributed by atoms with E-state index in [1.54, 1.807) is 0 Å². The molecule has 90 valence electrons. The average molecular weight is 229 g/mol. The Morgan fingerprint density at radius 1 is 1.29 bits per heavy atom. The number of nitrogens with zero attached hydrogens (tertiary/aromatic N) is 1. The Morgan fingerprint density at radius 2 is 2.12 bits per heavy atom. The summed E-state index contributed by atoms with van der Waals surface area (Å²) in [6.07, 6.45) is 4.01. The molecule has 0 bridgehead atoms. The van der Waals surface area contributed by atoms with E-state index in [0.29, 0.717) is 0 Å². The standard InChI is InChI=1S/C14H19N3/c1-2-5-11(15)10-17-14-8-9-16-13-7-4-3-6-12(13)14/h3-4,6-9,11H,2,5,10,15H2,1H3,(H,16,17). The van der Waals surface area contributed by atoms with Gasteiger partial charge < -0.3 is 11.1 Å². The van der Waals surface area contributed by atoms with Gasteiger partial charge in [0.05, 0.1) is 5.52 Å². The lowest BCUT2D eigenvalue weighted by Gasteiger charge is -2.14. The number of benzene rings is 1. The zero-order valence-electron chi connectivity index (χ0n) is 10.2. The molecule has 1 aromatic heterocycles. The highest BCUT2D eigenvalue weighted by Gasteiger charge is 2.03. The van der Waals surface area contributed by atoms with Crippen LogP contribution in [0.3, 0.4) is 0 Å². The van der Waals surface area contributed by atoms with E-state index in [-0.39, 0.29) is 6.04 Å². The SMILES string of the molecule is CCCC(N)CNc1ccnc2ccccc12. The second-order valence-corrected chi connectivity index (χ2v) is 4.31. The average Bonchev–Trinajstić information content (AvgIpc) is 2.36. The number of fused-ring (bicyclic) bond motifs is 1. The van der Waals surface area contributed by atoms with Gasteiger partial charge in [-0.25, -0.2) is 0 Å². The van der Waals surface area contributed by atoms with Crippen molar-refractivity contribution in [2.24, 2.45) is 5.73 Å². The minimum absolute atomic E-state index is 0.215. The van der Waals surface area contributed by atoms with E-state index in [9.17, 15) is 0 Å². The second kappa shape index (κ2) is 5.64. The fourth-order valence-corrected chi connectivity index (χ4v) is 1.96. The van der Waals surface area contributed by atoms with Crippen LogP contribution in [0.5, 0.6) is 0 Å². The summed E-state index contributed by atoms with van der Waals surface area (Å²) in [7, 11) is 0. The minimum Gasteiger partial charge on any atom is -0.383 e. The van der Waals surface area contributed by atoms with Crippen molar-refractivity contribution < 1.29 is 0 Å². The van der Waals surface area contributed by atoms with Crippen LogP contribution in [0.2, 0.25) is 0 Å². The third kappa shape index (κ3) is 2.94. The number of rotatable bonds is 5. The molecule has 2 aromatic rings. The largest absolute Gasteiger partial charge is 0.383 e. The van der Waals surface area contributed by atoms with E-state index >= 15 is 0 Å². The van der Waals surface area contributed by atoms with Crippen LogP contribution >= 0.6 is 0 Å². The van der Waals surface area contributed by atoms with Crippen molar-refractivity contribution in [3.63, 3.8) is 0 Å². The third-order valence-corrected chi connectivity index (χ3v) is 2.86. The lowest BCUT2D eigenvalue weighted by molar-refractivity contribution is 0.627. The van der Waals surface area contributed by atoms with Crippen molar-refractivity contribution in [2.75, 3.05) is 11.9 Å². The quantitative estimate of drug-likeness (QED) is 0.829. The molecule has 2 rings (SSSR count). The van der Waals surface area contributed by atoms with Crippen LogP contribution in [-0.4, -0.2) is 17.6 Å². The van der Waals surface area contributed by atoms with Gasteiger partial charge in [-0.1, -0.05) is 31.5 Å². The molecular formula is C14H19N3. The molecule has 0 saturated carbocycles. The molecule has 3 heteroatoms. The number of hydrogen-bond donors (Lipinski definition) is 2. The first-order valence-corrected chi connectivity index (χ1v) is 6.14. The number of nitrogens with one attached hydrogen (secondary N) is 1. The molecule has 0 radical (unpaired) electrons. The lowest BCUT2D eigenvalue weighted by Crippen LogP contribution is -2.28. The van der Waals surface area contributed by atoms with E-state index in [4.69, 9.17) is 5.73 Å². The Labute approximate surface area is 102 Å². The molecule has 0 fully saturated rings. The summed E-state index contributed by atoms with van der Waals surface area (Å²) >= 11 is 0. The molecule has 0 amide bonds. The molecule has 3 N–H and O–H groups in total. The predicted octanol–water partition coefficient (Wildman–Crippen LogP) is 2.77. The summed E-state index contributed by atoms with van der Waals surface area (Å²) < 4.78 is 0. The molecule has 1 unspecified atom stereocenters. The smallest absolute Gasteiger partial charge is 0.0722 e. The summed E-state index contributed by atoms with van der Waals surface area (Å²) in [6.45, 7) is 2.96. The molecule has 17 heavy (non-hydrogen) atoms. The molecular weight excluding hydrogens is 210 g/mol. The summed E-state index contributed by atoms with van der Waals surface area (Å²) in [4.78, 5) is 4.33. The zero-order chi connectivity index (χ0) is 12.1. The number of hydrogen-bond acceptors (Lipinski definition) is 3. The first-order valence-electron chi connectivity index (χ1n) is 6.14. The maximum absolute atomic E-state index is 6.00. The van der Waals surface area contributed by atoms with Crippen molar-refractivity contribution in [2.45, 2.75) is 25.8 Å². The van der Waals surface area contributed by atoms with E-state index < -0.39 is 0 Å². The number of anilines is 1. The number of para-hydroxylation sites is 1. The van der Waals surface area contributed by atoms with Crippen molar-refractivity contribution in [1.29, 1.82) is 0 Å². The van der Waals surface area contributed by atoms with Crippen molar-refractivity contribution in [3.05, 3.63) is 36.5 Å². The maximum atomic E-state index is 6.00. The minimum atomic E-state index is 0.215. The lowest BCUT2D eigenvalue weighted by atomic mass is 10.1. The van der Waals surface area contributed by atoms with Gasteiger partial charge in [0.15, 0.2) is 0 Å². The van der Waals surface area contributed by atoms with Gasteiger partial charge in [0, 0.05) is 29.9 Å². The van der Waals surface area contributed by atoms with Crippen LogP contribution in [-0.2, 0) is 0 Å². The molecule has 1 heterocycles. The van der Waals surface area contributed by atoms with Gasteiger partial charge >= 0.3 is 0 Å². The Bertz CT molecular complexity index is 476. The monoisotopic (exact) mass is 229 g/mol. The summed E-state index contributed by atoms with van der Waals surface area (Å²) in [5.41, 5.74) is 8.13. The molecule has 3 nitrogen and oxygen atoms in total. The Hall–Kier alpha value is -1.61. The highest BCUT2D eigenvalue weighted by Crippen LogP contribution is 2.20. The molecule has 1 atom stereocenters. The molecule has 0 spiro atoms. The third-order valence-electron chi connectivity index (χ3n) is 2.86. The Balaban J connectivity index is 2.13. The number of pyridine rings is 1. The van der Waals surface area contributed by atoms with Crippen LogP contribution in [0, 0.1) is 0 Å². The van der Waals surface area contributed by atoms with Gasteiger partial charge in [0.1, 0.15) is 0 Å². The summed E-state index contributed by atoms with van der Waals surface area (Å²) in [5, 5.41) is 4.56. The second-order valence-electron chi connectivity index (χ2n) is 4.31. The van der Waals surface area contributed by atoms with Crippen molar-refractivity contribution in [3.8, 4) is 0 Å². The van der Waals surface area contributed by atoms with Gasteiger partial charge in [0.25, 0.3) is 0 Å². The summed E-state index contributed by atoms with van der Waals surface area (Å²) in [6, 6.07) is 10.3. The van der Waals surface area contributed by atoms with E-state index in [1.807, 2.05) is 30.5 Å². The number of aromatic nitrogens is 1. The van der Waals surface area contributed by atoms with Crippen molar-refractivity contribution >= 4 is 16.6 Å². The topological polar surface area (TPSA) is 50.9 Å². The molecule has 0 aliphatic carbocycles. The Morgan fingerprint density at radius 3 is 2.94 bits per heavy atom. The maximum Gasteiger partial charge on any atom is 0.0722 e. The van der Waals surface area contributed by atoms with E-state index in [2.05, 4.69) is 23.3 Å². The molecule has 0 aliphatic heterocycles. The van der Waals surface area contributed by atoms with Gasteiger partial charge in [-0.3, -0.25) is 4.98 Å². The van der Waals surface area contributed by atoms with Crippen LogP contribution in [0.25, 0.3) is 10.9 Å². The van der Waals surface area contributed by atoms with Crippen molar-refractivity contribution in [1.82, 2.24) is 4.98 Å². The van der Waals surface area contributed by atoms with Crippen LogP contribution < -0.4 is 11.1 Å². The van der Waals surface area contributed by atoms with Crippen LogP contribution in [0.1, 0.15) is 19.8 Å². The van der Waals surface area contributed by atoms with Gasteiger partial charge in [-0.05, 0) is 18.6 Å². The molecule has 1 aromatic carbocycles. The predicted molar refractivity (Wildman–Crippen MR) is 73.1 cm³/mol. The first kappa shape index (κ1) is 11.9. The van der Waals surface area contributed by atoms with E-state index in [1.165, 1.54) is 0 Å². The van der Waals surface area contributed by atoms with Gasteiger partial charge in [0.2, 0.25) is 0 Å². The summed E-state index contributed by atoms with van der Waals surface area (Å²) in [5.74, 6) is 0. The molecule has 0 aliphatic rings. The fourth-order valence-electron chi connectivity index (χ4n) is 1.96. The number of nitrogens with two attached hydrogens (primary N) is 1. The van der Waals surface area contributed by atoms with Crippen LogP contribution in [0.4, 0.5) is 5.69 Å². The van der Waals surface area contributed by atoms with E-state index in [0.717, 1.165) is 36.0 Å². The molecule has 0 saturated heterocycles. The zero-order valence-corrected chi connectivity index (χ0v) is 10.2. The fraction of sp³-hybridized carbons (Fsp3) is 0.357. The first-order chi connectivity index (χ1) is 8.31. The normalized spacial score (nSPS) is 12.6. The Kier molecular flexibility index (Phi) is 3.94. The van der Waals surface area contributed by atoms with Crippen LogP contribution in [0.15, 0.2) is 36.5 Å². The highest BCUT2D eigenvalue weighted by molar-refractivity contribution is 5.90. The van der Waals surface area contributed by atoms with Gasteiger partial charge in [-0.2, -0.15) is 0 Å².